The Balaban J connectivity index is 2.03. The van der Waals surface area contributed by atoms with Crippen molar-refractivity contribution in [3.63, 3.8) is 0 Å². The summed E-state index contributed by atoms with van der Waals surface area (Å²) in [5, 5.41) is 0. The zero-order chi connectivity index (χ0) is 11.2. The predicted molar refractivity (Wildman–Crippen MR) is 67.8 cm³/mol. The molecule has 0 heteroatoms. The molecule has 0 bridgehead atoms. The predicted octanol–water partition coefficient (Wildman–Crippen LogP) is 4.40. The highest BCUT2D eigenvalue weighted by Crippen LogP contribution is 2.50. The Labute approximate surface area is 98.4 Å². The van der Waals surface area contributed by atoms with Crippen LogP contribution in [-0.4, -0.2) is 0 Å². The summed E-state index contributed by atoms with van der Waals surface area (Å²) in [6.45, 7) is 4.77. The van der Waals surface area contributed by atoms with Crippen LogP contribution in [0, 0.1) is 11.8 Å². The Kier molecular flexibility index (Phi) is 2.20. The summed E-state index contributed by atoms with van der Waals surface area (Å²) in [5.74, 6) is 0. The molecule has 0 amide bonds. The second-order valence-corrected chi connectivity index (χ2v) is 5.42. The molecule has 0 atom stereocenters. The van der Waals surface area contributed by atoms with Gasteiger partial charge in [-0.25, -0.2) is 0 Å². The fourth-order valence-corrected chi connectivity index (χ4v) is 3.18. The topological polar surface area (TPSA) is 0 Å². The molecule has 0 aromatic heterocycles. The van der Waals surface area contributed by atoms with Crippen molar-refractivity contribution in [1.29, 1.82) is 0 Å². The van der Waals surface area contributed by atoms with Gasteiger partial charge in [0.25, 0.3) is 0 Å². The van der Waals surface area contributed by atoms with E-state index >= 15 is 0 Å². The molecule has 0 aromatic rings. The summed E-state index contributed by atoms with van der Waals surface area (Å²) in [7, 11) is 0. The maximum atomic E-state index is 3.67. The van der Waals surface area contributed by atoms with E-state index in [0.717, 1.165) is 25.7 Å². The molecule has 0 N–H and O–H groups in total. The molecule has 3 aliphatic rings. The fourth-order valence-electron chi connectivity index (χ4n) is 3.18. The Hall–Kier alpha value is -1.04. The van der Waals surface area contributed by atoms with Crippen LogP contribution < -0.4 is 0 Å². The van der Waals surface area contributed by atoms with Gasteiger partial charge in [0, 0.05) is 11.8 Å². The number of rotatable bonds is 0. The van der Waals surface area contributed by atoms with Crippen LogP contribution in [0.25, 0.3) is 0 Å². The third kappa shape index (κ3) is 1.36. The van der Waals surface area contributed by atoms with Gasteiger partial charge in [0.15, 0.2) is 0 Å². The highest BCUT2D eigenvalue weighted by atomic mass is 14.4. The highest BCUT2D eigenvalue weighted by molar-refractivity contribution is 5.53. The molecule has 16 heavy (non-hydrogen) atoms. The molecule has 0 spiro atoms. The van der Waals surface area contributed by atoms with Crippen molar-refractivity contribution in [2.75, 3.05) is 0 Å². The van der Waals surface area contributed by atoms with Gasteiger partial charge in [-0.3, -0.25) is 0 Å². The van der Waals surface area contributed by atoms with Crippen LogP contribution in [0.3, 0.4) is 0 Å². The van der Waals surface area contributed by atoms with Crippen LogP contribution in [0.4, 0.5) is 0 Å². The van der Waals surface area contributed by atoms with Crippen molar-refractivity contribution in [3.8, 4) is 0 Å². The lowest BCUT2D eigenvalue weighted by Gasteiger charge is -2.41. The van der Waals surface area contributed by atoms with Crippen molar-refractivity contribution >= 4 is 0 Å². The van der Waals surface area contributed by atoms with E-state index in [0.29, 0.717) is 0 Å². The van der Waals surface area contributed by atoms with Crippen molar-refractivity contribution in [2.24, 2.45) is 5.41 Å². The normalized spacial score (nSPS) is 26.9. The fraction of sp³-hybridized carbons (Fsp3) is 0.438. The Morgan fingerprint density at radius 3 is 1.75 bits per heavy atom. The minimum Gasteiger partial charge on any atom is -0.0841 e. The van der Waals surface area contributed by atoms with E-state index in [1.807, 2.05) is 0 Å². The van der Waals surface area contributed by atoms with Crippen LogP contribution in [0.15, 0.2) is 46.6 Å². The van der Waals surface area contributed by atoms with Crippen LogP contribution in [0.2, 0.25) is 0 Å². The van der Waals surface area contributed by atoms with Gasteiger partial charge in [0.1, 0.15) is 0 Å². The molecule has 0 nitrogen and oxygen atoms in total. The van der Waals surface area contributed by atoms with Crippen molar-refractivity contribution in [3.05, 3.63) is 53.0 Å². The molecule has 0 fully saturated rings. The molecule has 0 heterocycles. The minimum atomic E-state index is 0.255. The summed E-state index contributed by atoms with van der Waals surface area (Å²) < 4.78 is 0. The van der Waals surface area contributed by atoms with Gasteiger partial charge in [-0.05, 0) is 25.7 Å². The summed E-state index contributed by atoms with van der Waals surface area (Å²) in [4.78, 5) is 0. The van der Waals surface area contributed by atoms with E-state index < -0.39 is 0 Å². The second kappa shape index (κ2) is 3.48. The first-order valence-corrected chi connectivity index (χ1v) is 6.21. The summed E-state index contributed by atoms with van der Waals surface area (Å²) in [6.07, 6.45) is 17.3. The van der Waals surface area contributed by atoms with E-state index in [9.17, 15) is 0 Å². The highest BCUT2D eigenvalue weighted by Gasteiger charge is 2.36. The van der Waals surface area contributed by atoms with E-state index in [-0.39, 0.29) is 5.41 Å². The first kappa shape index (κ1) is 10.1. The maximum absolute atomic E-state index is 3.67. The van der Waals surface area contributed by atoms with Gasteiger partial charge in [-0.1, -0.05) is 60.4 Å². The molecule has 0 saturated heterocycles. The molecular formula is C16H18. The number of allylic oxidation sites excluding steroid dienone is 8. The standard InChI is InChI=1S/C16H18/c1-16(2)14-9-5-3-7-12(14)11-13-8-4-6-10-15(13)16/h3-6H,7-10H2,1-2H3. The smallest absolute Gasteiger partial charge is 0.0419 e. The zero-order valence-electron chi connectivity index (χ0n) is 10.1. The van der Waals surface area contributed by atoms with Crippen LogP contribution in [-0.2, 0) is 0 Å². The maximum Gasteiger partial charge on any atom is 0.0419 e. The van der Waals surface area contributed by atoms with Gasteiger partial charge >= 0.3 is 0 Å². The molecule has 3 rings (SSSR count). The van der Waals surface area contributed by atoms with E-state index in [1.165, 1.54) is 11.1 Å². The Morgan fingerprint density at radius 2 is 1.25 bits per heavy atom. The second-order valence-electron chi connectivity index (χ2n) is 5.42. The lowest BCUT2D eigenvalue weighted by atomic mass is 9.64. The Bertz CT molecular complexity index is 399. The monoisotopic (exact) mass is 210 g/mol. The van der Waals surface area contributed by atoms with Crippen molar-refractivity contribution in [2.45, 2.75) is 39.5 Å². The van der Waals surface area contributed by atoms with Crippen LogP contribution in [0.5, 0.6) is 0 Å². The summed E-state index contributed by atoms with van der Waals surface area (Å²) >= 11 is 0. The summed E-state index contributed by atoms with van der Waals surface area (Å²) in [6, 6.07) is 0. The first-order valence-electron chi connectivity index (χ1n) is 6.21. The van der Waals surface area contributed by atoms with Crippen molar-refractivity contribution < 1.29 is 0 Å². The van der Waals surface area contributed by atoms with Gasteiger partial charge in [-0.2, -0.15) is 0 Å². The van der Waals surface area contributed by atoms with Gasteiger partial charge in [0.05, 0.1) is 0 Å². The molecule has 0 unspecified atom stereocenters. The third-order valence-corrected chi connectivity index (χ3v) is 4.16. The van der Waals surface area contributed by atoms with E-state index in [2.05, 4.69) is 44.6 Å². The SMILES string of the molecule is CC1(C)C2=C([C]C3=C1CC=CC3)CC=CC2. The van der Waals surface area contributed by atoms with Crippen molar-refractivity contribution in [1.82, 2.24) is 0 Å². The van der Waals surface area contributed by atoms with Crippen LogP contribution >= 0.6 is 0 Å². The van der Waals surface area contributed by atoms with Gasteiger partial charge in [0.2, 0.25) is 0 Å². The molecule has 0 aromatic carbocycles. The van der Waals surface area contributed by atoms with Gasteiger partial charge < -0.3 is 0 Å². The summed E-state index contributed by atoms with van der Waals surface area (Å²) in [5.41, 5.74) is 6.38. The lowest BCUT2D eigenvalue weighted by Crippen LogP contribution is -2.27. The largest absolute Gasteiger partial charge is 0.0841 e. The Morgan fingerprint density at radius 1 is 0.812 bits per heavy atom. The molecule has 0 aliphatic heterocycles. The number of hydrogen-bond acceptors (Lipinski definition) is 0. The van der Waals surface area contributed by atoms with Gasteiger partial charge in [-0.15, -0.1) is 0 Å². The minimum absolute atomic E-state index is 0.255. The molecule has 0 saturated carbocycles. The molecule has 2 radical (unpaired) electrons. The zero-order valence-corrected chi connectivity index (χ0v) is 10.1. The molecule has 82 valence electrons. The van der Waals surface area contributed by atoms with Crippen LogP contribution in [0.1, 0.15) is 39.5 Å². The van der Waals surface area contributed by atoms with E-state index in [1.54, 1.807) is 11.1 Å². The first-order chi connectivity index (χ1) is 7.69. The quantitative estimate of drug-likeness (QED) is 0.520. The average molecular weight is 210 g/mol. The lowest BCUT2D eigenvalue weighted by molar-refractivity contribution is 0.490. The number of hydrogen-bond donors (Lipinski definition) is 0. The average Bonchev–Trinajstić information content (AvgIpc) is 2.29. The van der Waals surface area contributed by atoms with E-state index in [4.69, 9.17) is 0 Å². The third-order valence-electron chi connectivity index (χ3n) is 4.16. The molecular weight excluding hydrogens is 192 g/mol. The molecule has 3 aliphatic carbocycles.